The molecule has 4 nitrogen and oxygen atoms in total. The summed E-state index contributed by atoms with van der Waals surface area (Å²) in [6.45, 7) is -0.0767. The van der Waals surface area contributed by atoms with Gasteiger partial charge in [0.1, 0.15) is 5.82 Å². The maximum Gasteiger partial charge on any atom is 0.416 e. The van der Waals surface area contributed by atoms with E-state index in [2.05, 4.69) is 4.98 Å². The zero-order chi connectivity index (χ0) is 19.9. The van der Waals surface area contributed by atoms with Crippen LogP contribution >= 0.6 is 0 Å². The van der Waals surface area contributed by atoms with E-state index in [1.165, 1.54) is 17.0 Å². The van der Waals surface area contributed by atoms with Gasteiger partial charge in [-0.2, -0.15) is 13.2 Å². The van der Waals surface area contributed by atoms with Crippen molar-refractivity contribution in [2.24, 2.45) is 7.05 Å². The summed E-state index contributed by atoms with van der Waals surface area (Å²) >= 11 is 0. The molecule has 0 spiro atoms. The van der Waals surface area contributed by atoms with Gasteiger partial charge in [-0.3, -0.25) is 4.79 Å². The number of carbonyl (C=O) groups excluding carboxylic acids is 1. The molecule has 0 bridgehead atoms. The van der Waals surface area contributed by atoms with E-state index in [9.17, 15) is 18.0 Å². The molecule has 144 valence electrons. The van der Waals surface area contributed by atoms with Crippen molar-refractivity contribution in [3.63, 3.8) is 0 Å². The van der Waals surface area contributed by atoms with Crippen molar-refractivity contribution < 1.29 is 18.0 Å². The van der Waals surface area contributed by atoms with Crippen LogP contribution in [0.1, 0.15) is 32.9 Å². The number of hydrogen-bond donors (Lipinski definition) is 0. The van der Waals surface area contributed by atoms with Crippen molar-refractivity contribution in [2.75, 3.05) is 4.90 Å². The minimum Gasteiger partial charge on any atom is -0.338 e. The lowest BCUT2D eigenvalue weighted by Crippen LogP contribution is -2.23. The van der Waals surface area contributed by atoms with Gasteiger partial charge in [0, 0.05) is 37.1 Å². The van der Waals surface area contributed by atoms with E-state index in [-0.39, 0.29) is 17.7 Å². The number of imidazole rings is 1. The van der Waals surface area contributed by atoms with E-state index >= 15 is 0 Å². The highest BCUT2D eigenvalue weighted by Crippen LogP contribution is 2.38. The number of rotatable bonds is 4. The van der Waals surface area contributed by atoms with Crippen LogP contribution in [-0.2, 0) is 32.6 Å². The first-order chi connectivity index (χ1) is 13.3. The highest BCUT2D eigenvalue weighted by Gasteiger charge is 2.39. The second kappa shape index (κ2) is 6.82. The van der Waals surface area contributed by atoms with Gasteiger partial charge in [0.05, 0.1) is 12.1 Å². The van der Waals surface area contributed by atoms with Crippen LogP contribution in [0.15, 0.2) is 54.9 Å². The van der Waals surface area contributed by atoms with Crippen molar-refractivity contribution in [3.05, 3.63) is 82.9 Å². The van der Waals surface area contributed by atoms with Gasteiger partial charge in [-0.15, -0.1) is 0 Å². The number of fused-ring (bicyclic) bond motifs is 1. The molecule has 0 N–H and O–H groups in total. The van der Waals surface area contributed by atoms with Crippen LogP contribution in [-0.4, -0.2) is 15.5 Å². The number of aryl methyl sites for hydroxylation is 3. The highest BCUT2D eigenvalue weighted by atomic mass is 19.4. The molecule has 0 aliphatic carbocycles. The zero-order valence-electron chi connectivity index (χ0n) is 15.2. The fraction of sp³-hybridized carbons (Fsp3) is 0.238. The molecule has 28 heavy (non-hydrogen) atoms. The number of halogens is 3. The fourth-order valence-corrected chi connectivity index (χ4v) is 3.58. The lowest BCUT2D eigenvalue weighted by atomic mass is 10.0. The van der Waals surface area contributed by atoms with Crippen molar-refractivity contribution in [3.8, 4) is 0 Å². The third-order valence-electron chi connectivity index (χ3n) is 5.05. The lowest BCUT2D eigenvalue weighted by Gasteiger charge is -2.17. The molecule has 0 unspecified atom stereocenters. The van der Waals surface area contributed by atoms with Crippen LogP contribution in [0, 0.1) is 0 Å². The van der Waals surface area contributed by atoms with E-state index in [4.69, 9.17) is 0 Å². The van der Waals surface area contributed by atoms with Crippen LogP contribution in [0.4, 0.5) is 18.9 Å². The molecule has 0 fully saturated rings. The standard InChI is InChI=1S/C21H18F3N3O/c1-26-11-10-25-19(26)9-8-14-4-2-5-15(12-14)27-13-17-16(20(27)28)6-3-7-18(17)21(22,23)24/h2-7,10-12H,8-9,13H2,1H3. The van der Waals surface area contributed by atoms with Gasteiger partial charge in [0.2, 0.25) is 0 Å². The van der Waals surface area contributed by atoms with Crippen molar-refractivity contribution in [1.29, 1.82) is 0 Å². The molecule has 2 aromatic carbocycles. The largest absolute Gasteiger partial charge is 0.416 e. The molecule has 1 aromatic heterocycles. The lowest BCUT2D eigenvalue weighted by molar-refractivity contribution is -0.138. The number of hydrogen-bond acceptors (Lipinski definition) is 2. The summed E-state index contributed by atoms with van der Waals surface area (Å²) in [6.07, 6.45) is 0.598. The van der Waals surface area contributed by atoms with Crippen molar-refractivity contribution in [1.82, 2.24) is 9.55 Å². The van der Waals surface area contributed by atoms with Gasteiger partial charge >= 0.3 is 6.18 Å². The Bertz CT molecular complexity index is 1040. The Morgan fingerprint density at radius 3 is 2.61 bits per heavy atom. The second-order valence-electron chi connectivity index (χ2n) is 6.85. The third-order valence-corrected chi connectivity index (χ3v) is 5.05. The molecular formula is C21H18F3N3O. The molecular weight excluding hydrogens is 367 g/mol. The van der Waals surface area contributed by atoms with E-state index in [0.29, 0.717) is 5.69 Å². The number of aromatic nitrogens is 2. The van der Waals surface area contributed by atoms with Crippen molar-refractivity contribution in [2.45, 2.75) is 25.6 Å². The Balaban J connectivity index is 1.58. The maximum absolute atomic E-state index is 13.3. The van der Waals surface area contributed by atoms with E-state index in [1.54, 1.807) is 12.3 Å². The summed E-state index contributed by atoms with van der Waals surface area (Å²) in [5.74, 6) is 0.548. The average Bonchev–Trinajstić information content (AvgIpc) is 3.22. The first kappa shape index (κ1) is 18.3. The van der Waals surface area contributed by atoms with Gasteiger partial charge < -0.3 is 9.47 Å². The zero-order valence-corrected chi connectivity index (χ0v) is 15.2. The minimum atomic E-state index is -4.48. The first-order valence-electron chi connectivity index (χ1n) is 8.90. The number of nitrogens with zero attached hydrogens (tertiary/aromatic N) is 3. The SMILES string of the molecule is Cn1ccnc1CCc1cccc(N2Cc3c(cccc3C(F)(F)F)C2=O)c1. The molecule has 3 aromatic rings. The molecule has 0 saturated heterocycles. The van der Waals surface area contributed by atoms with Gasteiger partial charge in [0.15, 0.2) is 0 Å². The van der Waals surface area contributed by atoms with E-state index < -0.39 is 17.6 Å². The first-order valence-corrected chi connectivity index (χ1v) is 8.90. The van der Waals surface area contributed by atoms with E-state index in [1.807, 2.05) is 36.0 Å². The summed E-state index contributed by atoms with van der Waals surface area (Å²) in [5.41, 5.74) is 1.02. The predicted octanol–water partition coefficient (Wildman–Crippen LogP) is 4.38. The third kappa shape index (κ3) is 3.28. The average molecular weight is 385 g/mol. The molecule has 4 rings (SSSR count). The van der Waals surface area contributed by atoms with Gasteiger partial charge in [0.25, 0.3) is 5.91 Å². The van der Waals surface area contributed by atoms with Crippen molar-refractivity contribution >= 4 is 11.6 Å². The number of amides is 1. The molecule has 1 amide bonds. The van der Waals surface area contributed by atoms with Crippen LogP contribution in [0.5, 0.6) is 0 Å². The van der Waals surface area contributed by atoms with Crippen LogP contribution in [0.25, 0.3) is 0 Å². The number of alkyl halides is 3. The van der Waals surface area contributed by atoms with Crippen LogP contribution < -0.4 is 4.90 Å². The van der Waals surface area contributed by atoms with Gasteiger partial charge in [-0.05, 0) is 41.8 Å². The Labute approximate surface area is 160 Å². The fourth-order valence-electron chi connectivity index (χ4n) is 3.58. The Hall–Kier alpha value is -3.09. The number of anilines is 1. The Kier molecular flexibility index (Phi) is 4.45. The molecule has 7 heteroatoms. The molecule has 2 heterocycles. The Morgan fingerprint density at radius 1 is 1.11 bits per heavy atom. The highest BCUT2D eigenvalue weighted by molar-refractivity contribution is 6.10. The van der Waals surface area contributed by atoms with Crippen LogP contribution in [0.3, 0.4) is 0 Å². The van der Waals surface area contributed by atoms with E-state index in [0.717, 1.165) is 30.3 Å². The summed E-state index contributed by atoms with van der Waals surface area (Å²) in [4.78, 5) is 18.4. The molecule has 1 aliphatic heterocycles. The van der Waals surface area contributed by atoms with Gasteiger partial charge in [-0.1, -0.05) is 18.2 Å². The second-order valence-corrected chi connectivity index (χ2v) is 6.85. The summed E-state index contributed by atoms with van der Waals surface area (Å²) in [5, 5.41) is 0. The molecule has 0 saturated carbocycles. The molecule has 1 aliphatic rings. The molecule has 0 atom stereocenters. The maximum atomic E-state index is 13.3. The normalized spacial score (nSPS) is 13.9. The predicted molar refractivity (Wildman–Crippen MR) is 99.0 cm³/mol. The van der Waals surface area contributed by atoms with Gasteiger partial charge in [-0.25, -0.2) is 4.98 Å². The molecule has 0 radical (unpaired) electrons. The minimum absolute atomic E-state index is 0.0402. The van der Waals surface area contributed by atoms with Crippen LogP contribution in [0.2, 0.25) is 0 Å². The summed E-state index contributed by atoms with van der Waals surface area (Å²) in [7, 11) is 1.93. The Morgan fingerprint density at radius 2 is 1.89 bits per heavy atom. The summed E-state index contributed by atoms with van der Waals surface area (Å²) in [6, 6.07) is 11.1. The topological polar surface area (TPSA) is 38.1 Å². The smallest absolute Gasteiger partial charge is 0.338 e. The number of benzene rings is 2. The quantitative estimate of drug-likeness (QED) is 0.668. The number of carbonyl (C=O) groups is 1. The monoisotopic (exact) mass is 385 g/mol. The summed E-state index contributed by atoms with van der Waals surface area (Å²) < 4.78 is 41.8.